The van der Waals surface area contributed by atoms with Crippen LogP contribution in [0.25, 0.3) is 0 Å². The van der Waals surface area contributed by atoms with Crippen LogP contribution in [0.3, 0.4) is 0 Å². The van der Waals surface area contributed by atoms with Crippen LogP contribution in [0.4, 0.5) is 0 Å². The van der Waals surface area contributed by atoms with Gasteiger partial charge in [-0.25, -0.2) is 14.0 Å². The van der Waals surface area contributed by atoms with E-state index in [4.69, 9.17) is 22.0 Å². The molecule has 1 saturated heterocycles. The Morgan fingerprint density at radius 1 is 1.18 bits per heavy atom. The standard InChI is InChI=1S/C32H43N9O7S2/c1-9-40(15-21(36-13-12-33)22(35)17(2)3)14-10-11-20-16-49-29-25(28(43)41(29)26(20)30(44)45)37-27(42)24(38-48-32(7,8)31(46)47)23(18(4)5)39-50-19(6)34/h9-11,15,25,29,35-36H,1-2,4,6,12-14,16,33-34H2,3,5,7-8H3,(H3,37,42,44,45,46,47)/p+1/b11-10+,38-24-,39-23+. The number of nitrogens with two attached hydrogens (primary N) is 3. The van der Waals surface area contributed by atoms with Gasteiger partial charge < -0.3 is 42.9 Å². The van der Waals surface area contributed by atoms with Crippen molar-refractivity contribution >= 4 is 65.1 Å². The third kappa shape index (κ3) is 10.5. The first-order chi connectivity index (χ1) is 23.4. The molecule has 2 rings (SSSR count). The smallest absolute Gasteiger partial charge is 0.352 e. The van der Waals surface area contributed by atoms with Crippen LogP contribution in [-0.2, 0) is 24.0 Å². The molecular formula is C32H44N9O7S2+. The molecule has 2 unspecified atom stereocenters. The maximum absolute atomic E-state index is 13.6. The number of carboxylic acid groups (broad SMARTS) is 2. The average molecular weight is 731 g/mol. The van der Waals surface area contributed by atoms with E-state index in [2.05, 4.69) is 46.5 Å². The molecule has 16 nitrogen and oxygen atoms in total. The van der Waals surface area contributed by atoms with E-state index in [0.717, 1.165) is 16.8 Å². The van der Waals surface area contributed by atoms with Gasteiger partial charge in [0.05, 0.1) is 10.7 Å². The summed E-state index contributed by atoms with van der Waals surface area (Å²) in [7, 11) is 0. The molecule has 0 spiro atoms. The molecule has 2 heterocycles. The summed E-state index contributed by atoms with van der Waals surface area (Å²) in [5.41, 5.74) is 17.1. The highest BCUT2D eigenvalue weighted by molar-refractivity contribution is 8.02. The van der Waals surface area contributed by atoms with Crippen LogP contribution in [-0.4, -0.2) is 103 Å². The van der Waals surface area contributed by atoms with Gasteiger partial charge in [0, 0.05) is 30.8 Å². The number of nitrogens with zero attached hydrogens (tertiary/aromatic N) is 4. The van der Waals surface area contributed by atoms with Crippen LogP contribution in [0, 0.1) is 0 Å². The summed E-state index contributed by atoms with van der Waals surface area (Å²) >= 11 is 1.96. The van der Waals surface area contributed by atoms with Crippen LogP contribution in [0.2, 0.25) is 0 Å². The molecule has 0 bridgehead atoms. The van der Waals surface area contributed by atoms with Crippen molar-refractivity contribution in [3.05, 3.63) is 83.5 Å². The lowest BCUT2D eigenvalue weighted by Gasteiger charge is -2.49. The molecule has 270 valence electrons. The monoisotopic (exact) mass is 730 g/mol. The Bertz CT molecular complexity index is 1660. The zero-order valence-electron chi connectivity index (χ0n) is 28.4. The van der Waals surface area contributed by atoms with Crippen LogP contribution in [0.1, 0.15) is 27.7 Å². The first kappa shape index (κ1) is 41.1. The summed E-state index contributed by atoms with van der Waals surface area (Å²) in [5, 5.41) is 28.4. The lowest BCUT2D eigenvalue weighted by atomic mass is 10.0. The largest absolute Gasteiger partial charge is 0.478 e. The highest BCUT2D eigenvalue weighted by Gasteiger charge is 2.54. The third-order valence-corrected chi connectivity index (χ3v) is 8.65. The molecular weight excluding hydrogens is 687 g/mol. The van der Waals surface area contributed by atoms with Crippen molar-refractivity contribution in [3.63, 3.8) is 0 Å². The number of oxime groups is 1. The van der Waals surface area contributed by atoms with Crippen molar-refractivity contribution in [2.24, 2.45) is 26.8 Å². The van der Waals surface area contributed by atoms with Gasteiger partial charge in [0.1, 0.15) is 28.5 Å². The van der Waals surface area contributed by atoms with E-state index in [-0.39, 0.29) is 34.3 Å². The number of hydrogen-bond donors (Lipinski definition) is 7. The van der Waals surface area contributed by atoms with Crippen molar-refractivity contribution in [3.8, 4) is 0 Å². The molecule has 0 aromatic rings. The highest BCUT2D eigenvalue weighted by atomic mass is 32.2. The minimum atomic E-state index is -1.83. The van der Waals surface area contributed by atoms with Gasteiger partial charge in [-0.3, -0.25) is 14.5 Å². The van der Waals surface area contributed by atoms with Gasteiger partial charge in [0.25, 0.3) is 11.8 Å². The lowest BCUT2D eigenvalue weighted by molar-refractivity contribution is -0.439. The Labute approximate surface area is 299 Å². The molecule has 0 aromatic carbocycles. The molecule has 18 heteroatoms. The number of carbonyl (C=O) groups excluding carboxylic acids is 2. The fraction of sp³-hybridized carbons (Fsp3) is 0.344. The molecule has 0 radical (unpaired) electrons. The normalized spacial score (nSPS) is 18.9. The number of nitrogens with one attached hydrogen (secondary N) is 2. The molecule has 50 heavy (non-hydrogen) atoms. The lowest BCUT2D eigenvalue weighted by Crippen LogP contribution is -2.71. The number of β-lactam (4-membered cyclic amide) rings is 1. The zero-order valence-corrected chi connectivity index (χ0v) is 30.0. The minimum absolute atomic E-state index is 0.0838. The third-order valence-electron chi connectivity index (χ3n) is 6.84. The quantitative estimate of drug-likeness (QED) is 0.0246. The number of carboxylic acids is 2. The molecule has 2 atom stereocenters. The number of allylic oxidation sites excluding steroid dienone is 4. The minimum Gasteiger partial charge on any atom is -0.478 e. The average Bonchev–Trinajstić information content (AvgIpc) is 3.04. The summed E-state index contributed by atoms with van der Waals surface area (Å²) in [4.78, 5) is 57.2. The van der Waals surface area contributed by atoms with Gasteiger partial charge in [-0.15, -0.1) is 11.8 Å². The van der Waals surface area contributed by atoms with Crippen molar-refractivity contribution < 1.29 is 38.8 Å². The number of aliphatic carboxylic acids is 2. The first-order valence-corrected chi connectivity index (χ1v) is 16.8. The Kier molecular flexibility index (Phi) is 14.9. The second-order valence-electron chi connectivity index (χ2n) is 11.4. The summed E-state index contributed by atoms with van der Waals surface area (Å²) in [6.07, 6.45) is 6.61. The zero-order chi connectivity index (χ0) is 37.9. The Morgan fingerprint density at radius 3 is 2.36 bits per heavy atom. The second-order valence-corrected chi connectivity index (χ2v) is 13.4. The highest BCUT2D eigenvalue weighted by Crippen LogP contribution is 2.40. The van der Waals surface area contributed by atoms with Gasteiger partial charge >= 0.3 is 11.9 Å². The predicted octanol–water partition coefficient (Wildman–Crippen LogP) is 1.13. The Hall–Kier alpha value is -5.07. The van der Waals surface area contributed by atoms with Gasteiger partial charge in [0.2, 0.25) is 5.60 Å². The molecule has 10 N–H and O–H groups in total. The summed E-state index contributed by atoms with van der Waals surface area (Å²) < 4.78 is 5.86. The van der Waals surface area contributed by atoms with E-state index in [9.17, 15) is 29.4 Å². The maximum atomic E-state index is 13.6. The number of amides is 2. The van der Waals surface area contributed by atoms with E-state index < -0.39 is 46.5 Å². The van der Waals surface area contributed by atoms with Crippen molar-refractivity contribution in [2.45, 2.75) is 44.7 Å². The fourth-order valence-electron chi connectivity index (χ4n) is 4.11. The van der Waals surface area contributed by atoms with Gasteiger partial charge in [0.15, 0.2) is 24.7 Å². The SMILES string of the molecule is C=C/[N+](=C\C(NCCN)=C(\N)C(=C)C)C/C=C/C1=C(C(=O)O)N2C(=O)C(NC(=O)C(=N\OC(C)(C)C(=O)O)/C(=N/SC(=C)N)C(=C)C)C2SC1. The first-order valence-electron chi connectivity index (χ1n) is 14.9. The predicted molar refractivity (Wildman–Crippen MR) is 197 cm³/mol. The molecule has 0 saturated carbocycles. The number of hydrogen-bond acceptors (Lipinski definition) is 13. The molecule has 2 aliphatic rings. The van der Waals surface area contributed by atoms with Crippen molar-refractivity contribution in [1.29, 1.82) is 0 Å². The molecule has 0 aliphatic carbocycles. The molecule has 2 aliphatic heterocycles. The fourth-order valence-corrected chi connectivity index (χ4v) is 5.88. The van der Waals surface area contributed by atoms with Gasteiger partial charge in [-0.05, 0) is 57.1 Å². The van der Waals surface area contributed by atoms with E-state index in [1.165, 1.54) is 32.5 Å². The maximum Gasteiger partial charge on any atom is 0.352 e. The van der Waals surface area contributed by atoms with Crippen LogP contribution in [0.5, 0.6) is 0 Å². The number of carbonyl (C=O) groups is 4. The van der Waals surface area contributed by atoms with Crippen LogP contribution >= 0.6 is 23.7 Å². The summed E-state index contributed by atoms with van der Waals surface area (Å²) in [6.45, 7) is 21.9. The van der Waals surface area contributed by atoms with Crippen molar-refractivity contribution in [2.75, 3.05) is 25.4 Å². The van der Waals surface area contributed by atoms with Gasteiger partial charge in [-0.2, -0.15) is 4.58 Å². The van der Waals surface area contributed by atoms with Crippen molar-refractivity contribution in [1.82, 2.24) is 15.5 Å². The summed E-state index contributed by atoms with van der Waals surface area (Å²) in [5.74, 6) is -4.10. The van der Waals surface area contributed by atoms with E-state index in [1.54, 1.807) is 36.1 Å². The Balaban J connectivity index is 2.38. The van der Waals surface area contributed by atoms with E-state index in [0.29, 0.717) is 35.6 Å². The van der Waals surface area contributed by atoms with E-state index >= 15 is 0 Å². The second kappa shape index (κ2) is 18.1. The molecule has 0 aromatic heterocycles. The molecule has 1 fully saturated rings. The Morgan fingerprint density at radius 2 is 1.84 bits per heavy atom. The van der Waals surface area contributed by atoms with Crippen LogP contribution in [0.15, 0.2) is 93.1 Å². The number of rotatable bonds is 19. The van der Waals surface area contributed by atoms with Crippen LogP contribution < -0.4 is 27.8 Å². The molecule has 2 amide bonds. The van der Waals surface area contributed by atoms with Gasteiger partial charge in [-0.1, -0.05) is 31.0 Å². The number of thioether (sulfide) groups is 1. The van der Waals surface area contributed by atoms with E-state index in [1.807, 2.05) is 0 Å². The topological polar surface area (TPSA) is 251 Å². The number of fused-ring (bicyclic) bond motifs is 1. The summed E-state index contributed by atoms with van der Waals surface area (Å²) in [6, 6.07) is -1.15.